The van der Waals surface area contributed by atoms with Gasteiger partial charge in [0.25, 0.3) is 0 Å². The maximum absolute atomic E-state index is 13.8. The molecule has 0 radical (unpaired) electrons. The van der Waals surface area contributed by atoms with Gasteiger partial charge in [-0.1, -0.05) is 58.5 Å². The van der Waals surface area contributed by atoms with Gasteiger partial charge in [0, 0.05) is 25.7 Å². The summed E-state index contributed by atoms with van der Waals surface area (Å²) in [5.74, 6) is -0.165. The van der Waals surface area contributed by atoms with Crippen LogP contribution in [0.5, 0.6) is 0 Å². The molecule has 198 valence electrons. The quantitative estimate of drug-likeness (QED) is 0.420. The monoisotopic (exact) mass is 593 g/mol. The molecule has 3 unspecified atom stereocenters. The van der Waals surface area contributed by atoms with E-state index in [0.29, 0.717) is 52.7 Å². The highest BCUT2D eigenvalue weighted by Crippen LogP contribution is 2.34. The molecule has 1 aliphatic rings. The van der Waals surface area contributed by atoms with Gasteiger partial charge in [-0.15, -0.1) is 0 Å². The number of hydrogen-bond donors (Lipinski definition) is 1. The molecule has 6 nitrogen and oxygen atoms in total. The lowest BCUT2D eigenvalue weighted by Crippen LogP contribution is -2.54. The Labute approximate surface area is 233 Å². The Hall–Kier alpha value is -1.06. The maximum Gasteiger partial charge on any atom is 0.230 e. The van der Waals surface area contributed by atoms with E-state index < -0.39 is 15.4 Å². The molecular weight excluding hydrogens is 564 g/mol. The van der Waals surface area contributed by atoms with Crippen LogP contribution in [0.1, 0.15) is 44.4 Å². The summed E-state index contributed by atoms with van der Waals surface area (Å²) in [6, 6.07) is 10.1. The van der Waals surface area contributed by atoms with Crippen molar-refractivity contribution in [1.82, 2.24) is 14.5 Å². The Morgan fingerprint density at radius 1 is 1.06 bits per heavy atom. The van der Waals surface area contributed by atoms with Crippen molar-refractivity contribution in [3.63, 3.8) is 0 Å². The van der Waals surface area contributed by atoms with Crippen LogP contribution < -0.4 is 5.32 Å². The highest BCUT2D eigenvalue weighted by atomic mass is 35.5. The lowest BCUT2D eigenvalue weighted by molar-refractivity contribution is -0.127. The zero-order valence-electron chi connectivity index (χ0n) is 20.7. The first kappa shape index (κ1) is 29.5. The van der Waals surface area contributed by atoms with Gasteiger partial charge >= 0.3 is 0 Å². The molecule has 1 amide bonds. The minimum atomic E-state index is -3.26. The van der Waals surface area contributed by atoms with Gasteiger partial charge in [0.15, 0.2) is 0 Å². The molecule has 1 N–H and O–H groups in total. The molecule has 1 fully saturated rings. The summed E-state index contributed by atoms with van der Waals surface area (Å²) in [6.07, 6.45) is 1.73. The van der Waals surface area contributed by atoms with Crippen molar-refractivity contribution >= 4 is 62.3 Å². The van der Waals surface area contributed by atoms with Crippen LogP contribution in [0, 0.1) is 0 Å². The zero-order chi connectivity index (χ0) is 26.8. The van der Waals surface area contributed by atoms with E-state index in [1.165, 1.54) is 10.6 Å². The van der Waals surface area contributed by atoms with E-state index in [1.807, 2.05) is 32.9 Å². The Morgan fingerprint density at radius 3 is 2.22 bits per heavy atom. The van der Waals surface area contributed by atoms with Crippen molar-refractivity contribution < 1.29 is 13.2 Å². The second-order valence-electron chi connectivity index (χ2n) is 9.60. The maximum atomic E-state index is 13.8. The first-order valence-electron chi connectivity index (χ1n) is 11.6. The molecule has 3 atom stereocenters. The largest absolute Gasteiger partial charge is 0.349 e. The van der Waals surface area contributed by atoms with Crippen molar-refractivity contribution in [3.05, 3.63) is 67.6 Å². The van der Waals surface area contributed by atoms with Crippen LogP contribution in [0.2, 0.25) is 20.1 Å². The standard InChI is InChI=1S/C25H31Cl4N3O3S/c1-16-15-31(11-12-32(16)36(4,34)35)10-9-25(3,19-6-8-21(27)23(29)14-19)24(33)30-17(2)18-5-7-20(26)22(28)13-18/h5-8,13-14,16-17H,9-12,15H2,1-4H3,(H,30,33). The summed E-state index contributed by atoms with van der Waals surface area (Å²) in [7, 11) is -3.26. The van der Waals surface area contributed by atoms with Gasteiger partial charge < -0.3 is 10.2 Å². The van der Waals surface area contributed by atoms with Gasteiger partial charge in [0.2, 0.25) is 15.9 Å². The number of rotatable bonds is 8. The van der Waals surface area contributed by atoms with Gasteiger partial charge in [-0.05, 0) is 69.1 Å². The van der Waals surface area contributed by atoms with Gasteiger partial charge in [-0.25, -0.2) is 8.42 Å². The molecular formula is C25H31Cl4N3O3S. The molecule has 2 aromatic carbocycles. The van der Waals surface area contributed by atoms with Crippen LogP contribution in [0.4, 0.5) is 0 Å². The van der Waals surface area contributed by atoms with Crippen molar-refractivity contribution in [3.8, 4) is 0 Å². The van der Waals surface area contributed by atoms with Crippen LogP contribution in [-0.4, -0.2) is 62.0 Å². The number of piperazine rings is 1. The smallest absolute Gasteiger partial charge is 0.230 e. The molecule has 0 bridgehead atoms. The zero-order valence-corrected chi connectivity index (χ0v) is 24.5. The Morgan fingerprint density at radius 2 is 1.67 bits per heavy atom. The van der Waals surface area contributed by atoms with Crippen LogP contribution in [0.3, 0.4) is 0 Å². The van der Waals surface area contributed by atoms with E-state index in [-0.39, 0.29) is 18.0 Å². The molecule has 3 rings (SSSR count). The summed E-state index contributed by atoms with van der Waals surface area (Å²) < 4.78 is 25.6. The molecule has 11 heteroatoms. The Balaban J connectivity index is 1.81. The van der Waals surface area contributed by atoms with Crippen molar-refractivity contribution in [2.75, 3.05) is 32.4 Å². The van der Waals surface area contributed by atoms with Crippen molar-refractivity contribution in [2.45, 2.75) is 44.7 Å². The van der Waals surface area contributed by atoms with Gasteiger partial charge in [0.05, 0.1) is 37.8 Å². The van der Waals surface area contributed by atoms with Gasteiger partial charge in [-0.3, -0.25) is 4.79 Å². The van der Waals surface area contributed by atoms with Crippen LogP contribution in [0.25, 0.3) is 0 Å². The summed E-state index contributed by atoms with van der Waals surface area (Å²) >= 11 is 24.7. The Kier molecular flexibility index (Phi) is 9.64. The molecule has 0 aliphatic carbocycles. The molecule has 1 aliphatic heterocycles. The summed E-state index contributed by atoms with van der Waals surface area (Å²) in [6.45, 7) is 7.88. The number of sulfonamides is 1. The first-order valence-corrected chi connectivity index (χ1v) is 15.0. The molecule has 36 heavy (non-hydrogen) atoms. The van der Waals surface area contributed by atoms with E-state index in [9.17, 15) is 13.2 Å². The average molecular weight is 595 g/mol. The molecule has 0 saturated carbocycles. The topological polar surface area (TPSA) is 69.7 Å². The van der Waals surface area contributed by atoms with Crippen LogP contribution in [0.15, 0.2) is 36.4 Å². The minimum absolute atomic E-state index is 0.145. The minimum Gasteiger partial charge on any atom is -0.349 e. The average Bonchev–Trinajstić information content (AvgIpc) is 2.80. The van der Waals surface area contributed by atoms with E-state index in [2.05, 4.69) is 10.2 Å². The van der Waals surface area contributed by atoms with E-state index in [4.69, 9.17) is 46.4 Å². The summed E-state index contributed by atoms with van der Waals surface area (Å²) in [5, 5.41) is 4.78. The van der Waals surface area contributed by atoms with E-state index in [0.717, 1.165) is 11.1 Å². The van der Waals surface area contributed by atoms with Crippen molar-refractivity contribution in [2.24, 2.45) is 0 Å². The predicted octanol–water partition coefficient (Wildman–Crippen LogP) is 5.79. The molecule has 2 aromatic rings. The highest BCUT2D eigenvalue weighted by molar-refractivity contribution is 7.88. The molecule has 1 saturated heterocycles. The number of hydrogen-bond acceptors (Lipinski definition) is 4. The number of nitrogens with zero attached hydrogens (tertiary/aromatic N) is 2. The molecule has 0 spiro atoms. The molecule has 1 heterocycles. The van der Waals surface area contributed by atoms with Gasteiger partial charge in [-0.2, -0.15) is 4.31 Å². The normalized spacial score (nSPS) is 20.1. The third kappa shape index (κ3) is 6.87. The lowest BCUT2D eigenvalue weighted by atomic mass is 9.78. The third-order valence-corrected chi connectivity index (χ3v) is 9.73. The van der Waals surface area contributed by atoms with Crippen molar-refractivity contribution in [1.29, 1.82) is 0 Å². The lowest BCUT2D eigenvalue weighted by Gasteiger charge is -2.40. The molecule has 0 aromatic heterocycles. The number of carbonyl (C=O) groups is 1. The fourth-order valence-electron chi connectivity index (χ4n) is 4.54. The van der Waals surface area contributed by atoms with E-state index in [1.54, 1.807) is 24.3 Å². The fraction of sp³-hybridized carbons (Fsp3) is 0.480. The predicted molar refractivity (Wildman–Crippen MR) is 149 cm³/mol. The third-order valence-electron chi connectivity index (χ3n) is 6.85. The van der Waals surface area contributed by atoms with Crippen LogP contribution >= 0.6 is 46.4 Å². The second-order valence-corrected chi connectivity index (χ2v) is 13.2. The van der Waals surface area contributed by atoms with Crippen LogP contribution in [-0.2, 0) is 20.2 Å². The number of benzene rings is 2. The highest BCUT2D eigenvalue weighted by Gasteiger charge is 2.38. The number of amides is 1. The SMILES string of the molecule is CC(NC(=O)C(C)(CCN1CCN(S(C)(=O)=O)C(C)C1)c1ccc(Cl)c(Cl)c1)c1ccc(Cl)c(Cl)c1. The Bertz CT molecular complexity index is 1230. The number of carbonyl (C=O) groups excluding carboxylic acids is 1. The summed E-state index contributed by atoms with van der Waals surface area (Å²) in [5.41, 5.74) is 0.661. The summed E-state index contributed by atoms with van der Waals surface area (Å²) in [4.78, 5) is 16.0. The van der Waals surface area contributed by atoms with E-state index >= 15 is 0 Å². The van der Waals surface area contributed by atoms with Gasteiger partial charge in [0.1, 0.15) is 0 Å². The second kappa shape index (κ2) is 11.8. The number of halogens is 4. The first-order chi connectivity index (χ1) is 16.7. The number of nitrogens with one attached hydrogen (secondary N) is 1. The fourth-order valence-corrected chi connectivity index (χ4v) is 6.28.